The van der Waals surface area contributed by atoms with E-state index in [9.17, 15) is 5.11 Å². The van der Waals surface area contributed by atoms with E-state index < -0.39 is 6.10 Å². The topological polar surface area (TPSA) is 20.2 Å². The zero-order valence-corrected chi connectivity index (χ0v) is 12.0. The Kier molecular flexibility index (Phi) is 4.56. The molecule has 0 saturated carbocycles. The normalized spacial score (nSPS) is 12.4. The number of aryl methyl sites for hydroxylation is 1. The number of aliphatic hydroxyl groups is 1. The Morgan fingerprint density at radius 3 is 2.06 bits per heavy atom. The second-order valence-corrected chi connectivity index (χ2v) is 5.36. The van der Waals surface area contributed by atoms with Crippen molar-refractivity contribution >= 4 is 15.9 Å². The Bertz CT molecular complexity index is 488. The lowest BCUT2D eigenvalue weighted by Gasteiger charge is -2.11. The van der Waals surface area contributed by atoms with Crippen molar-refractivity contribution in [2.45, 2.75) is 25.9 Å². The third kappa shape index (κ3) is 3.44. The van der Waals surface area contributed by atoms with Gasteiger partial charge in [-0.15, -0.1) is 0 Å². The van der Waals surface area contributed by atoms with Gasteiger partial charge in [0.2, 0.25) is 0 Å². The molecule has 0 aliphatic rings. The molecule has 0 aromatic heterocycles. The second kappa shape index (κ2) is 6.17. The number of hydrogen-bond acceptors (Lipinski definition) is 1. The summed E-state index contributed by atoms with van der Waals surface area (Å²) in [5.74, 6) is 0. The molecule has 0 heterocycles. The molecule has 1 unspecified atom stereocenters. The van der Waals surface area contributed by atoms with Crippen LogP contribution in [0.15, 0.2) is 53.0 Å². The van der Waals surface area contributed by atoms with E-state index in [2.05, 4.69) is 47.1 Å². The van der Waals surface area contributed by atoms with Crippen molar-refractivity contribution in [3.05, 3.63) is 69.7 Å². The van der Waals surface area contributed by atoms with Crippen molar-refractivity contribution in [3.63, 3.8) is 0 Å². The monoisotopic (exact) mass is 304 g/mol. The Morgan fingerprint density at radius 2 is 1.50 bits per heavy atom. The van der Waals surface area contributed by atoms with Crippen LogP contribution >= 0.6 is 15.9 Å². The smallest absolute Gasteiger partial charge is 0.0830 e. The van der Waals surface area contributed by atoms with Crippen LogP contribution in [0.5, 0.6) is 0 Å². The fourth-order valence-electron chi connectivity index (χ4n) is 1.94. The highest BCUT2D eigenvalue weighted by Gasteiger charge is 2.08. The minimum Gasteiger partial charge on any atom is -0.388 e. The zero-order valence-electron chi connectivity index (χ0n) is 10.4. The molecule has 0 aliphatic heterocycles. The third-order valence-corrected chi connectivity index (χ3v) is 3.64. The van der Waals surface area contributed by atoms with Crippen LogP contribution in [0.4, 0.5) is 0 Å². The fourth-order valence-corrected chi connectivity index (χ4v) is 2.20. The molecule has 0 fully saturated rings. The molecule has 2 rings (SSSR count). The number of benzene rings is 2. The first-order chi connectivity index (χ1) is 8.69. The molecular formula is C16H17BrO. The van der Waals surface area contributed by atoms with Crippen LogP contribution in [0.2, 0.25) is 0 Å². The molecule has 0 saturated heterocycles. The van der Waals surface area contributed by atoms with E-state index in [4.69, 9.17) is 0 Å². The molecule has 0 spiro atoms. The van der Waals surface area contributed by atoms with Gasteiger partial charge in [0.15, 0.2) is 0 Å². The number of rotatable bonds is 4. The molecule has 0 aliphatic carbocycles. The number of aliphatic hydroxyl groups excluding tert-OH is 1. The first kappa shape index (κ1) is 13.3. The summed E-state index contributed by atoms with van der Waals surface area (Å²) in [4.78, 5) is 0. The van der Waals surface area contributed by atoms with Gasteiger partial charge in [0.05, 0.1) is 6.10 Å². The summed E-state index contributed by atoms with van der Waals surface area (Å²) in [5, 5.41) is 10.2. The molecule has 94 valence electrons. The van der Waals surface area contributed by atoms with Crippen molar-refractivity contribution < 1.29 is 5.11 Å². The van der Waals surface area contributed by atoms with Gasteiger partial charge < -0.3 is 5.11 Å². The largest absolute Gasteiger partial charge is 0.388 e. The van der Waals surface area contributed by atoms with Crippen molar-refractivity contribution in [2.75, 3.05) is 0 Å². The summed E-state index contributed by atoms with van der Waals surface area (Å²) in [5.41, 5.74) is 3.46. The van der Waals surface area contributed by atoms with Gasteiger partial charge >= 0.3 is 0 Å². The van der Waals surface area contributed by atoms with Crippen LogP contribution in [0.3, 0.4) is 0 Å². The summed E-state index contributed by atoms with van der Waals surface area (Å²) in [6.45, 7) is 2.14. The highest BCUT2D eigenvalue weighted by Crippen LogP contribution is 2.20. The Labute approximate surface area is 117 Å². The summed E-state index contributed by atoms with van der Waals surface area (Å²) in [7, 11) is 0. The van der Waals surface area contributed by atoms with E-state index in [1.807, 2.05) is 24.3 Å². The molecule has 1 nitrogen and oxygen atoms in total. The first-order valence-electron chi connectivity index (χ1n) is 6.20. The lowest BCUT2D eigenvalue weighted by molar-refractivity contribution is 0.178. The van der Waals surface area contributed by atoms with Gasteiger partial charge in [-0.1, -0.05) is 59.3 Å². The summed E-state index contributed by atoms with van der Waals surface area (Å²) >= 11 is 3.40. The van der Waals surface area contributed by atoms with Gasteiger partial charge in [-0.25, -0.2) is 0 Å². The lowest BCUT2D eigenvalue weighted by Crippen LogP contribution is -2.01. The second-order valence-electron chi connectivity index (χ2n) is 4.44. The minimum absolute atomic E-state index is 0.439. The van der Waals surface area contributed by atoms with E-state index in [-0.39, 0.29) is 0 Å². The predicted molar refractivity (Wildman–Crippen MR) is 78.6 cm³/mol. The molecule has 0 amide bonds. The summed E-state index contributed by atoms with van der Waals surface area (Å²) < 4.78 is 1.03. The fraction of sp³-hybridized carbons (Fsp3) is 0.250. The Balaban J connectivity index is 2.05. The Morgan fingerprint density at radius 1 is 0.944 bits per heavy atom. The van der Waals surface area contributed by atoms with Crippen molar-refractivity contribution in [1.82, 2.24) is 0 Å². The van der Waals surface area contributed by atoms with Crippen molar-refractivity contribution in [3.8, 4) is 0 Å². The maximum atomic E-state index is 10.2. The van der Waals surface area contributed by atoms with Gasteiger partial charge in [0, 0.05) is 10.9 Å². The van der Waals surface area contributed by atoms with Crippen molar-refractivity contribution in [2.24, 2.45) is 0 Å². The first-order valence-corrected chi connectivity index (χ1v) is 6.99. The number of hydrogen-bond donors (Lipinski definition) is 1. The molecular weight excluding hydrogens is 288 g/mol. The average Bonchev–Trinajstić information content (AvgIpc) is 2.40. The lowest BCUT2D eigenvalue weighted by atomic mass is 10.0. The van der Waals surface area contributed by atoms with Gasteiger partial charge in [-0.05, 0) is 35.2 Å². The quantitative estimate of drug-likeness (QED) is 0.893. The molecule has 0 radical (unpaired) electrons. The highest BCUT2D eigenvalue weighted by atomic mass is 79.9. The minimum atomic E-state index is -0.439. The number of halogens is 1. The zero-order chi connectivity index (χ0) is 13.0. The molecule has 2 heteroatoms. The summed E-state index contributed by atoms with van der Waals surface area (Å²) in [6, 6.07) is 16.3. The van der Waals surface area contributed by atoms with Crippen LogP contribution < -0.4 is 0 Å². The van der Waals surface area contributed by atoms with E-state index >= 15 is 0 Å². The van der Waals surface area contributed by atoms with Gasteiger partial charge in [-0.2, -0.15) is 0 Å². The van der Waals surface area contributed by atoms with Crippen LogP contribution in [-0.4, -0.2) is 5.11 Å². The molecule has 1 N–H and O–H groups in total. The average molecular weight is 305 g/mol. The van der Waals surface area contributed by atoms with E-state index in [1.54, 1.807) is 0 Å². The third-order valence-electron chi connectivity index (χ3n) is 3.12. The maximum Gasteiger partial charge on any atom is 0.0830 e. The molecule has 0 bridgehead atoms. The van der Waals surface area contributed by atoms with E-state index in [0.717, 1.165) is 16.5 Å². The molecule has 2 aromatic rings. The summed E-state index contributed by atoms with van der Waals surface area (Å²) in [6.07, 6.45) is 1.27. The standard InChI is InChI=1S/C16H17BrO/c1-2-12-3-5-13(6-4-12)11-16(18)14-7-9-15(17)10-8-14/h3-10,16,18H,2,11H2,1H3. The van der Waals surface area contributed by atoms with Gasteiger partial charge in [0.1, 0.15) is 0 Å². The molecule has 1 atom stereocenters. The molecule has 18 heavy (non-hydrogen) atoms. The Hall–Kier alpha value is -1.12. The van der Waals surface area contributed by atoms with Crippen LogP contribution in [0.1, 0.15) is 29.7 Å². The van der Waals surface area contributed by atoms with Gasteiger partial charge in [-0.3, -0.25) is 0 Å². The molecule has 2 aromatic carbocycles. The van der Waals surface area contributed by atoms with Crippen LogP contribution in [0, 0.1) is 0 Å². The van der Waals surface area contributed by atoms with Gasteiger partial charge in [0.25, 0.3) is 0 Å². The van der Waals surface area contributed by atoms with Crippen LogP contribution in [-0.2, 0) is 12.8 Å². The van der Waals surface area contributed by atoms with Crippen LogP contribution in [0.25, 0.3) is 0 Å². The van der Waals surface area contributed by atoms with Crippen molar-refractivity contribution in [1.29, 1.82) is 0 Å². The highest BCUT2D eigenvalue weighted by molar-refractivity contribution is 9.10. The van der Waals surface area contributed by atoms with E-state index in [0.29, 0.717) is 6.42 Å². The SMILES string of the molecule is CCc1ccc(CC(O)c2ccc(Br)cc2)cc1. The predicted octanol–water partition coefficient (Wildman–Crippen LogP) is 4.29. The maximum absolute atomic E-state index is 10.2. The van der Waals surface area contributed by atoms with E-state index in [1.165, 1.54) is 11.1 Å².